The molecule has 0 saturated carbocycles. The third kappa shape index (κ3) is 2.80. The number of phenolic OH excluding ortho intramolecular Hbond substituents is 1. The molecule has 1 aromatic carbocycles. The third-order valence-electron chi connectivity index (χ3n) is 2.90. The monoisotopic (exact) mass is 312 g/mol. The molecule has 2 aromatic rings. The van der Waals surface area contributed by atoms with Gasteiger partial charge in [0.1, 0.15) is 5.75 Å². The first kappa shape index (κ1) is 14.8. The van der Waals surface area contributed by atoms with Crippen molar-refractivity contribution in [1.82, 2.24) is 0 Å². The third-order valence-corrected chi connectivity index (χ3v) is 4.01. The summed E-state index contributed by atoms with van der Waals surface area (Å²) in [6.07, 6.45) is 0.481. The molecule has 0 bridgehead atoms. The van der Waals surface area contributed by atoms with Gasteiger partial charge < -0.3 is 14.9 Å². The molecule has 6 heteroatoms. The Bertz CT molecular complexity index is 636. The molecule has 0 unspecified atom stereocenters. The maximum absolute atomic E-state index is 11.7. The van der Waals surface area contributed by atoms with Gasteiger partial charge in [-0.15, -0.1) is 0 Å². The summed E-state index contributed by atoms with van der Waals surface area (Å²) in [7, 11) is 1.27. The fourth-order valence-electron chi connectivity index (χ4n) is 1.92. The van der Waals surface area contributed by atoms with Crippen LogP contribution in [0.2, 0.25) is 5.02 Å². The zero-order valence-electron chi connectivity index (χ0n) is 10.7. The molecule has 0 radical (unpaired) electrons. The highest BCUT2D eigenvalue weighted by Gasteiger charge is 2.17. The first-order valence-electron chi connectivity index (χ1n) is 5.85. The minimum atomic E-state index is -0.560. The molecule has 0 aliphatic rings. The van der Waals surface area contributed by atoms with Crippen LogP contribution in [0, 0.1) is 0 Å². The van der Waals surface area contributed by atoms with Crippen LogP contribution in [-0.2, 0) is 11.2 Å². The van der Waals surface area contributed by atoms with Crippen LogP contribution < -0.4 is 0 Å². The van der Waals surface area contributed by atoms with Crippen molar-refractivity contribution >= 4 is 28.9 Å². The summed E-state index contributed by atoms with van der Waals surface area (Å²) < 4.78 is 4.66. The lowest BCUT2D eigenvalue weighted by atomic mass is 9.99. The van der Waals surface area contributed by atoms with Crippen LogP contribution in [0.1, 0.15) is 15.9 Å². The number of methoxy groups -OCH3 is 1. The van der Waals surface area contributed by atoms with Gasteiger partial charge in [0.2, 0.25) is 0 Å². The van der Waals surface area contributed by atoms with Crippen LogP contribution in [0.5, 0.6) is 5.75 Å². The largest absolute Gasteiger partial charge is 0.507 e. The average Bonchev–Trinajstić information content (AvgIpc) is 2.87. The molecule has 0 fully saturated rings. The predicted octanol–water partition coefficient (Wildman–Crippen LogP) is 3.10. The van der Waals surface area contributed by atoms with Gasteiger partial charge in [0, 0.05) is 18.2 Å². The normalized spacial score (nSPS) is 10.6. The number of halogens is 1. The van der Waals surface area contributed by atoms with Gasteiger partial charge in [-0.05, 0) is 34.4 Å². The maximum Gasteiger partial charge on any atom is 0.339 e. The Labute approximate surface area is 125 Å². The number of esters is 1. The summed E-state index contributed by atoms with van der Waals surface area (Å²) in [5.41, 5.74) is 2.39. The van der Waals surface area contributed by atoms with E-state index in [4.69, 9.17) is 16.7 Å². The highest BCUT2D eigenvalue weighted by Crippen LogP contribution is 2.37. The van der Waals surface area contributed by atoms with Gasteiger partial charge in [0.25, 0.3) is 0 Å². The number of hydrogen-bond donors (Lipinski definition) is 2. The zero-order valence-corrected chi connectivity index (χ0v) is 12.3. The molecule has 0 amide bonds. The number of rotatable bonds is 4. The Balaban J connectivity index is 2.56. The highest BCUT2D eigenvalue weighted by molar-refractivity contribution is 7.08. The van der Waals surface area contributed by atoms with E-state index < -0.39 is 5.97 Å². The summed E-state index contributed by atoms with van der Waals surface area (Å²) in [5, 5.41) is 23.0. The van der Waals surface area contributed by atoms with Crippen molar-refractivity contribution in [2.45, 2.75) is 6.42 Å². The molecule has 1 heterocycles. The molecular weight excluding hydrogens is 300 g/mol. The van der Waals surface area contributed by atoms with Gasteiger partial charge in [-0.25, -0.2) is 4.79 Å². The van der Waals surface area contributed by atoms with Crippen LogP contribution in [-0.4, -0.2) is 29.9 Å². The number of thiophene rings is 1. The molecule has 0 atom stereocenters. The van der Waals surface area contributed by atoms with E-state index in [9.17, 15) is 9.90 Å². The van der Waals surface area contributed by atoms with E-state index in [0.717, 1.165) is 11.1 Å². The van der Waals surface area contributed by atoms with Crippen LogP contribution in [0.4, 0.5) is 0 Å². The number of aliphatic hydroxyl groups excluding tert-OH is 1. The van der Waals surface area contributed by atoms with Gasteiger partial charge in [-0.1, -0.05) is 11.6 Å². The number of aliphatic hydroxyl groups is 1. The van der Waals surface area contributed by atoms with Crippen molar-refractivity contribution < 1.29 is 19.7 Å². The lowest BCUT2D eigenvalue weighted by Crippen LogP contribution is -2.02. The summed E-state index contributed by atoms with van der Waals surface area (Å²) in [6.45, 7) is 0.0158. The first-order chi connectivity index (χ1) is 9.58. The number of benzene rings is 1. The van der Waals surface area contributed by atoms with Crippen molar-refractivity contribution in [2.75, 3.05) is 13.7 Å². The molecule has 4 nitrogen and oxygen atoms in total. The Hall–Kier alpha value is -1.56. The number of ether oxygens (including phenoxy) is 1. The van der Waals surface area contributed by atoms with E-state index in [2.05, 4.69) is 4.74 Å². The number of hydrogen-bond acceptors (Lipinski definition) is 5. The lowest BCUT2D eigenvalue weighted by molar-refractivity contribution is 0.0601. The molecule has 106 valence electrons. The van der Waals surface area contributed by atoms with Gasteiger partial charge >= 0.3 is 5.97 Å². The molecule has 0 saturated heterocycles. The molecule has 2 rings (SSSR count). The first-order valence-corrected chi connectivity index (χ1v) is 7.17. The SMILES string of the molecule is COC(=O)c1cc(-c2cscc2CCO)c(O)cc1Cl. The van der Waals surface area contributed by atoms with E-state index in [1.165, 1.54) is 30.6 Å². The minimum absolute atomic E-state index is 0.0137. The number of phenols is 1. The maximum atomic E-state index is 11.7. The van der Waals surface area contributed by atoms with Crippen LogP contribution >= 0.6 is 22.9 Å². The molecule has 1 aromatic heterocycles. The van der Waals surface area contributed by atoms with E-state index in [1.54, 1.807) is 0 Å². The zero-order chi connectivity index (χ0) is 14.7. The highest BCUT2D eigenvalue weighted by atomic mass is 35.5. The van der Waals surface area contributed by atoms with Crippen LogP contribution in [0.3, 0.4) is 0 Å². The second-order valence-corrected chi connectivity index (χ2v) is 5.28. The van der Waals surface area contributed by atoms with E-state index >= 15 is 0 Å². The number of carbonyl (C=O) groups is 1. The van der Waals surface area contributed by atoms with Crippen LogP contribution in [0.25, 0.3) is 11.1 Å². The van der Waals surface area contributed by atoms with Gasteiger partial charge in [-0.3, -0.25) is 0 Å². The Morgan fingerprint density at radius 3 is 2.75 bits per heavy atom. The standard InChI is InChI=1S/C14H13ClO4S/c1-19-14(18)10-4-9(13(17)5-12(10)15)11-7-20-6-8(11)2-3-16/h4-7,16-17H,2-3H2,1H3. The molecule has 2 N–H and O–H groups in total. The van der Waals surface area contributed by atoms with E-state index in [0.29, 0.717) is 12.0 Å². The fourth-order valence-corrected chi connectivity index (χ4v) is 3.05. The summed E-state index contributed by atoms with van der Waals surface area (Å²) >= 11 is 7.40. The fraction of sp³-hybridized carbons (Fsp3) is 0.214. The summed E-state index contributed by atoms with van der Waals surface area (Å²) in [6, 6.07) is 2.83. The van der Waals surface area contributed by atoms with E-state index in [-0.39, 0.29) is 22.9 Å². The summed E-state index contributed by atoms with van der Waals surface area (Å²) in [5.74, 6) is -0.574. The van der Waals surface area contributed by atoms with Crippen molar-refractivity contribution in [3.8, 4) is 16.9 Å². The van der Waals surface area contributed by atoms with Gasteiger partial charge in [0.15, 0.2) is 0 Å². The number of carbonyl (C=O) groups excluding carboxylic acids is 1. The van der Waals surface area contributed by atoms with Crippen molar-refractivity contribution in [2.24, 2.45) is 0 Å². The topological polar surface area (TPSA) is 66.8 Å². The van der Waals surface area contributed by atoms with Gasteiger partial charge in [0.05, 0.1) is 17.7 Å². The van der Waals surface area contributed by atoms with Gasteiger partial charge in [-0.2, -0.15) is 11.3 Å². The van der Waals surface area contributed by atoms with Crippen molar-refractivity contribution in [3.63, 3.8) is 0 Å². The quantitative estimate of drug-likeness (QED) is 0.851. The predicted molar refractivity (Wildman–Crippen MR) is 78.6 cm³/mol. The van der Waals surface area contributed by atoms with Crippen molar-refractivity contribution in [1.29, 1.82) is 0 Å². The molecule has 0 aliphatic carbocycles. The molecule has 0 spiro atoms. The summed E-state index contributed by atoms with van der Waals surface area (Å²) in [4.78, 5) is 11.7. The Morgan fingerprint density at radius 2 is 2.10 bits per heavy atom. The second-order valence-electron chi connectivity index (χ2n) is 4.13. The Morgan fingerprint density at radius 1 is 1.35 bits per heavy atom. The lowest BCUT2D eigenvalue weighted by Gasteiger charge is -2.10. The molecule has 20 heavy (non-hydrogen) atoms. The molecule has 0 aliphatic heterocycles. The molecular formula is C14H13ClO4S. The van der Waals surface area contributed by atoms with E-state index in [1.807, 2.05) is 10.8 Å². The number of aromatic hydroxyl groups is 1. The Kier molecular flexibility index (Phi) is 4.65. The average molecular weight is 313 g/mol. The second kappa shape index (κ2) is 6.26. The van der Waals surface area contributed by atoms with Crippen molar-refractivity contribution in [3.05, 3.63) is 39.0 Å². The minimum Gasteiger partial charge on any atom is -0.507 e. The smallest absolute Gasteiger partial charge is 0.339 e. The van der Waals surface area contributed by atoms with Crippen LogP contribution in [0.15, 0.2) is 22.9 Å².